The minimum atomic E-state index is -0.282. The van der Waals surface area contributed by atoms with Crippen LogP contribution < -0.4 is 5.43 Å². The summed E-state index contributed by atoms with van der Waals surface area (Å²) in [7, 11) is 1.70. The summed E-state index contributed by atoms with van der Waals surface area (Å²) in [5.74, 6) is -0.282. The maximum absolute atomic E-state index is 12.5. The first-order chi connectivity index (χ1) is 10.7. The standard InChI is InChI=1S/C18H16N2O2/c1-20(12-13-7-3-2-4-8-13)18(22)15-11-19-16-10-6-5-9-14(16)17(15)21/h2-11H,12H2,1H3,(H,19,21). The number of carbonyl (C=O) groups is 1. The number of fused-ring (bicyclic) bond motifs is 1. The summed E-state index contributed by atoms with van der Waals surface area (Å²) in [4.78, 5) is 29.5. The van der Waals surface area contributed by atoms with Gasteiger partial charge in [0.15, 0.2) is 0 Å². The van der Waals surface area contributed by atoms with Crippen LogP contribution in [0.1, 0.15) is 15.9 Å². The van der Waals surface area contributed by atoms with Gasteiger partial charge >= 0.3 is 0 Å². The summed E-state index contributed by atoms with van der Waals surface area (Å²) < 4.78 is 0. The maximum Gasteiger partial charge on any atom is 0.259 e. The molecule has 0 saturated heterocycles. The van der Waals surface area contributed by atoms with Crippen molar-refractivity contribution in [2.75, 3.05) is 7.05 Å². The monoisotopic (exact) mass is 292 g/mol. The van der Waals surface area contributed by atoms with E-state index < -0.39 is 0 Å². The molecule has 4 nitrogen and oxygen atoms in total. The number of rotatable bonds is 3. The molecule has 1 N–H and O–H groups in total. The molecule has 1 heterocycles. The molecular formula is C18H16N2O2. The van der Waals surface area contributed by atoms with Gasteiger partial charge in [0, 0.05) is 30.7 Å². The highest BCUT2D eigenvalue weighted by atomic mass is 16.2. The number of H-pyrrole nitrogens is 1. The van der Waals surface area contributed by atoms with Gasteiger partial charge in [0.2, 0.25) is 5.43 Å². The zero-order valence-corrected chi connectivity index (χ0v) is 12.2. The molecule has 0 aliphatic heterocycles. The number of aromatic nitrogens is 1. The van der Waals surface area contributed by atoms with Crippen molar-refractivity contribution in [3.63, 3.8) is 0 Å². The van der Waals surface area contributed by atoms with Crippen LogP contribution in [0.25, 0.3) is 10.9 Å². The van der Waals surface area contributed by atoms with E-state index in [9.17, 15) is 9.59 Å². The number of carbonyl (C=O) groups excluding carboxylic acids is 1. The number of pyridine rings is 1. The van der Waals surface area contributed by atoms with E-state index >= 15 is 0 Å². The Bertz CT molecular complexity index is 869. The van der Waals surface area contributed by atoms with Crippen molar-refractivity contribution in [1.29, 1.82) is 0 Å². The van der Waals surface area contributed by atoms with E-state index in [4.69, 9.17) is 0 Å². The van der Waals surface area contributed by atoms with Crippen LogP contribution in [0.4, 0.5) is 0 Å². The van der Waals surface area contributed by atoms with Gasteiger partial charge in [-0.15, -0.1) is 0 Å². The normalized spacial score (nSPS) is 10.6. The Kier molecular flexibility index (Phi) is 3.74. The van der Waals surface area contributed by atoms with E-state index in [-0.39, 0.29) is 16.9 Å². The van der Waals surface area contributed by atoms with E-state index in [0.717, 1.165) is 11.1 Å². The van der Waals surface area contributed by atoms with Crippen molar-refractivity contribution in [1.82, 2.24) is 9.88 Å². The predicted octanol–water partition coefficient (Wildman–Crippen LogP) is 2.80. The largest absolute Gasteiger partial charge is 0.360 e. The van der Waals surface area contributed by atoms with Crippen molar-refractivity contribution >= 4 is 16.8 Å². The lowest BCUT2D eigenvalue weighted by Crippen LogP contribution is -2.30. The third-order valence-electron chi connectivity index (χ3n) is 3.63. The minimum absolute atomic E-state index is 0.164. The maximum atomic E-state index is 12.5. The van der Waals surface area contributed by atoms with E-state index in [1.165, 1.54) is 6.20 Å². The molecule has 22 heavy (non-hydrogen) atoms. The Labute approximate surface area is 128 Å². The van der Waals surface area contributed by atoms with Crippen LogP contribution in [0.15, 0.2) is 65.6 Å². The fourth-order valence-electron chi connectivity index (χ4n) is 2.46. The number of nitrogens with zero attached hydrogens (tertiary/aromatic N) is 1. The van der Waals surface area contributed by atoms with Gasteiger partial charge in [0.25, 0.3) is 5.91 Å². The Hall–Kier alpha value is -2.88. The summed E-state index contributed by atoms with van der Waals surface area (Å²) in [5, 5.41) is 0.529. The van der Waals surface area contributed by atoms with Crippen molar-refractivity contribution in [3.8, 4) is 0 Å². The summed E-state index contributed by atoms with van der Waals surface area (Å²) >= 11 is 0. The van der Waals surface area contributed by atoms with Gasteiger partial charge in [0.05, 0.1) is 0 Å². The second kappa shape index (κ2) is 5.85. The first-order valence-corrected chi connectivity index (χ1v) is 7.06. The molecule has 0 saturated carbocycles. The average Bonchev–Trinajstić information content (AvgIpc) is 2.56. The molecule has 0 radical (unpaired) electrons. The summed E-state index contributed by atoms with van der Waals surface area (Å²) in [5.41, 5.74) is 1.68. The number of para-hydroxylation sites is 1. The second-order valence-corrected chi connectivity index (χ2v) is 5.22. The van der Waals surface area contributed by atoms with Crippen LogP contribution >= 0.6 is 0 Å². The molecule has 2 aromatic carbocycles. The zero-order valence-electron chi connectivity index (χ0n) is 12.2. The van der Waals surface area contributed by atoms with Crippen LogP contribution in [0.3, 0.4) is 0 Å². The lowest BCUT2D eigenvalue weighted by atomic mass is 10.1. The third-order valence-corrected chi connectivity index (χ3v) is 3.63. The molecule has 0 unspecified atom stereocenters. The lowest BCUT2D eigenvalue weighted by molar-refractivity contribution is 0.0783. The molecule has 0 spiro atoms. The summed E-state index contributed by atoms with van der Waals surface area (Å²) in [6, 6.07) is 16.9. The Morgan fingerprint density at radius 2 is 1.73 bits per heavy atom. The van der Waals surface area contributed by atoms with Crippen LogP contribution in [-0.2, 0) is 6.54 Å². The Balaban J connectivity index is 1.92. The Morgan fingerprint density at radius 3 is 2.50 bits per heavy atom. The number of hydrogen-bond acceptors (Lipinski definition) is 2. The highest BCUT2D eigenvalue weighted by Gasteiger charge is 2.17. The van der Waals surface area contributed by atoms with Crippen molar-refractivity contribution in [2.24, 2.45) is 0 Å². The van der Waals surface area contributed by atoms with Gasteiger partial charge in [-0.25, -0.2) is 0 Å². The minimum Gasteiger partial charge on any atom is -0.360 e. The van der Waals surface area contributed by atoms with Crippen molar-refractivity contribution in [3.05, 3.63) is 82.1 Å². The lowest BCUT2D eigenvalue weighted by Gasteiger charge is -2.17. The molecule has 0 bridgehead atoms. The number of amides is 1. The first kappa shape index (κ1) is 14.1. The van der Waals surface area contributed by atoms with Gasteiger partial charge in [-0.2, -0.15) is 0 Å². The van der Waals surface area contributed by atoms with Crippen LogP contribution in [-0.4, -0.2) is 22.8 Å². The molecule has 0 aliphatic carbocycles. The molecule has 4 heteroatoms. The average molecular weight is 292 g/mol. The van der Waals surface area contributed by atoms with Crippen LogP contribution in [0, 0.1) is 0 Å². The van der Waals surface area contributed by atoms with E-state index in [1.54, 1.807) is 24.1 Å². The fraction of sp³-hybridized carbons (Fsp3) is 0.111. The van der Waals surface area contributed by atoms with Gasteiger partial charge in [-0.05, 0) is 17.7 Å². The number of nitrogens with one attached hydrogen (secondary N) is 1. The summed E-state index contributed by atoms with van der Waals surface area (Å²) in [6.07, 6.45) is 1.49. The Morgan fingerprint density at radius 1 is 1.05 bits per heavy atom. The quantitative estimate of drug-likeness (QED) is 0.807. The molecule has 0 fully saturated rings. The zero-order chi connectivity index (χ0) is 15.5. The molecule has 110 valence electrons. The van der Waals surface area contributed by atoms with E-state index in [1.807, 2.05) is 42.5 Å². The van der Waals surface area contributed by atoms with Crippen LogP contribution in [0.2, 0.25) is 0 Å². The van der Waals surface area contributed by atoms with Gasteiger partial charge in [-0.1, -0.05) is 42.5 Å². The van der Waals surface area contributed by atoms with Crippen LogP contribution in [0.5, 0.6) is 0 Å². The molecular weight excluding hydrogens is 276 g/mol. The fourth-order valence-corrected chi connectivity index (χ4v) is 2.46. The summed E-state index contributed by atoms with van der Waals surface area (Å²) in [6.45, 7) is 0.464. The van der Waals surface area contributed by atoms with E-state index in [0.29, 0.717) is 11.9 Å². The predicted molar refractivity (Wildman–Crippen MR) is 86.8 cm³/mol. The molecule has 0 atom stereocenters. The first-order valence-electron chi connectivity index (χ1n) is 7.06. The molecule has 3 aromatic rings. The SMILES string of the molecule is CN(Cc1ccccc1)C(=O)c1c[nH]c2ccccc2c1=O. The molecule has 0 aliphatic rings. The number of hydrogen-bond donors (Lipinski definition) is 1. The third kappa shape index (κ3) is 2.63. The van der Waals surface area contributed by atoms with Gasteiger partial charge < -0.3 is 9.88 Å². The smallest absolute Gasteiger partial charge is 0.259 e. The highest BCUT2D eigenvalue weighted by Crippen LogP contribution is 2.10. The second-order valence-electron chi connectivity index (χ2n) is 5.22. The number of aromatic amines is 1. The topological polar surface area (TPSA) is 53.2 Å². The number of benzene rings is 2. The van der Waals surface area contributed by atoms with Gasteiger partial charge in [-0.3, -0.25) is 9.59 Å². The molecule has 1 amide bonds. The van der Waals surface area contributed by atoms with Crippen molar-refractivity contribution < 1.29 is 4.79 Å². The highest BCUT2D eigenvalue weighted by molar-refractivity contribution is 5.96. The van der Waals surface area contributed by atoms with Gasteiger partial charge in [0.1, 0.15) is 5.56 Å². The van der Waals surface area contributed by atoms with Crippen molar-refractivity contribution in [2.45, 2.75) is 6.54 Å². The molecule has 3 rings (SSSR count). The van der Waals surface area contributed by atoms with E-state index in [2.05, 4.69) is 4.98 Å². The molecule has 1 aromatic heterocycles.